The van der Waals surface area contributed by atoms with Crippen LogP contribution in [-0.2, 0) is 4.79 Å². The van der Waals surface area contributed by atoms with Crippen molar-refractivity contribution in [2.24, 2.45) is 0 Å². The van der Waals surface area contributed by atoms with Gasteiger partial charge in [-0.2, -0.15) is 0 Å². The highest BCUT2D eigenvalue weighted by Gasteiger charge is 2.06. The highest BCUT2D eigenvalue weighted by Crippen LogP contribution is 2.28. The molecule has 4 heteroatoms. The molecule has 102 valence electrons. The van der Waals surface area contributed by atoms with E-state index in [9.17, 15) is 4.79 Å². The molecule has 1 aromatic heterocycles. The Morgan fingerprint density at radius 1 is 1.15 bits per heavy atom. The van der Waals surface area contributed by atoms with E-state index < -0.39 is 0 Å². The van der Waals surface area contributed by atoms with E-state index in [1.165, 1.54) is 14.0 Å². The van der Waals surface area contributed by atoms with Gasteiger partial charge in [0.25, 0.3) is 0 Å². The van der Waals surface area contributed by atoms with E-state index in [1.807, 2.05) is 36.4 Å². The van der Waals surface area contributed by atoms with Crippen molar-refractivity contribution in [3.05, 3.63) is 53.9 Å². The quantitative estimate of drug-likeness (QED) is 0.631. The lowest BCUT2D eigenvalue weighted by atomic mass is 10.1. The van der Waals surface area contributed by atoms with Crippen molar-refractivity contribution in [3.63, 3.8) is 0 Å². The van der Waals surface area contributed by atoms with E-state index in [0.717, 1.165) is 11.3 Å². The molecular weight excluding hydrogens is 254 g/mol. The molecule has 0 aliphatic carbocycles. The third-order valence-corrected chi connectivity index (χ3v) is 2.58. The topological polar surface area (TPSA) is 48.4 Å². The van der Waals surface area contributed by atoms with Gasteiger partial charge in [0, 0.05) is 13.1 Å². The Labute approximate surface area is 117 Å². The first-order chi connectivity index (χ1) is 9.69. The summed E-state index contributed by atoms with van der Waals surface area (Å²) >= 11 is 0. The molecule has 0 aliphatic rings. The zero-order chi connectivity index (χ0) is 14.4. The van der Waals surface area contributed by atoms with E-state index in [1.54, 1.807) is 18.3 Å². The minimum atomic E-state index is -0.375. The molecule has 0 fully saturated rings. The second kappa shape index (κ2) is 6.52. The number of pyridine rings is 1. The number of carbonyl (C=O) groups is 1. The third-order valence-electron chi connectivity index (χ3n) is 2.58. The first-order valence-corrected chi connectivity index (χ1v) is 6.14. The van der Waals surface area contributed by atoms with Crippen molar-refractivity contribution in [2.75, 3.05) is 7.11 Å². The summed E-state index contributed by atoms with van der Waals surface area (Å²) in [7, 11) is 1.54. The molecule has 1 aromatic carbocycles. The molecule has 0 radical (unpaired) electrons. The maximum atomic E-state index is 11.0. The SMILES string of the molecule is COc1cc(/C=C/c2ccccn2)ccc1OC(C)=O. The Balaban J connectivity index is 2.21. The van der Waals surface area contributed by atoms with Crippen LogP contribution in [0.25, 0.3) is 12.2 Å². The van der Waals surface area contributed by atoms with E-state index in [0.29, 0.717) is 11.5 Å². The molecule has 0 atom stereocenters. The van der Waals surface area contributed by atoms with Crippen LogP contribution in [0.3, 0.4) is 0 Å². The summed E-state index contributed by atoms with van der Waals surface area (Å²) in [6, 6.07) is 11.1. The number of ether oxygens (including phenoxy) is 2. The van der Waals surface area contributed by atoms with Crippen molar-refractivity contribution in [2.45, 2.75) is 6.92 Å². The van der Waals surface area contributed by atoms with Crippen molar-refractivity contribution in [1.29, 1.82) is 0 Å². The smallest absolute Gasteiger partial charge is 0.308 e. The Hall–Kier alpha value is -2.62. The molecule has 4 nitrogen and oxygen atoms in total. The predicted octanol–water partition coefficient (Wildman–Crippen LogP) is 3.19. The number of methoxy groups -OCH3 is 1. The van der Waals surface area contributed by atoms with Gasteiger partial charge in [0.2, 0.25) is 0 Å². The average molecular weight is 269 g/mol. The van der Waals surface area contributed by atoms with Gasteiger partial charge in [-0.25, -0.2) is 0 Å². The average Bonchev–Trinajstić information content (AvgIpc) is 2.46. The van der Waals surface area contributed by atoms with Gasteiger partial charge in [-0.15, -0.1) is 0 Å². The van der Waals surface area contributed by atoms with Crippen molar-refractivity contribution in [1.82, 2.24) is 4.98 Å². The van der Waals surface area contributed by atoms with E-state index >= 15 is 0 Å². The molecule has 0 unspecified atom stereocenters. The number of nitrogens with zero attached hydrogens (tertiary/aromatic N) is 1. The molecule has 2 rings (SSSR count). The van der Waals surface area contributed by atoms with Gasteiger partial charge < -0.3 is 9.47 Å². The molecule has 0 saturated heterocycles. The molecule has 20 heavy (non-hydrogen) atoms. The lowest BCUT2D eigenvalue weighted by Crippen LogP contribution is -2.02. The lowest BCUT2D eigenvalue weighted by Gasteiger charge is -2.08. The van der Waals surface area contributed by atoms with Crippen LogP contribution < -0.4 is 9.47 Å². The summed E-state index contributed by atoms with van der Waals surface area (Å²) in [5, 5.41) is 0. The molecule has 0 N–H and O–H groups in total. The van der Waals surface area contributed by atoms with Gasteiger partial charge in [-0.1, -0.05) is 18.2 Å². The number of hydrogen-bond donors (Lipinski definition) is 0. The summed E-state index contributed by atoms with van der Waals surface area (Å²) < 4.78 is 10.3. The minimum Gasteiger partial charge on any atom is -0.493 e. The molecule has 0 bridgehead atoms. The zero-order valence-electron chi connectivity index (χ0n) is 11.4. The Kier molecular flexibility index (Phi) is 4.50. The highest BCUT2D eigenvalue weighted by molar-refractivity contribution is 5.72. The van der Waals surface area contributed by atoms with Gasteiger partial charge in [-0.05, 0) is 35.9 Å². The minimum absolute atomic E-state index is 0.375. The first-order valence-electron chi connectivity index (χ1n) is 6.14. The predicted molar refractivity (Wildman–Crippen MR) is 77.5 cm³/mol. The van der Waals surface area contributed by atoms with Crippen molar-refractivity contribution in [3.8, 4) is 11.5 Å². The third kappa shape index (κ3) is 3.68. The monoisotopic (exact) mass is 269 g/mol. The zero-order valence-corrected chi connectivity index (χ0v) is 11.4. The van der Waals surface area contributed by atoms with E-state index in [-0.39, 0.29) is 5.97 Å². The summed E-state index contributed by atoms with van der Waals surface area (Å²) in [6.07, 6.45) is 5.56. The van der Waals surface area contributed by atoms with Gasteiger partial charge in [0.05, 0.1) is 12.8 Å². The van der Waals surface area contributed by atoms with Gasteiger partial charge in [0.1, 0.15) is 0 Å². The fraction of sp³-hybridized carbons (Fsp3) is 0.125. The number of aromatic nitrogens is 1. The second-order valence-corrected chi connectivity index (χ2v) is 4.09. The Bertz CT molecular complexity index is 621. The molecule has 0 saturated carbocycles. The van der Waals surface area contributed by atoms with Crippen LogP contribution in [0.15, 0.2) is 42.6 Å². The largest absolute Gasteiger partial charge is 0.493 e. The molecule has 1 heterocycles. The standard InChI is InChI=1S/C16H15NO3/c1-12(18)20-15-9-7-13(11-16(15)19-2)6-8-14-5-3-4-10-17-14/h3-11H,1-2H3/b8-6+. The summed E-state index contributed by atoms with van der Waals surface area (Å²) in [5.74, 6) is 0.554. The van der Waals surface area contributed by atoms with Crippen LogP contribution in [-0.4, -0.2) is 18.1 Å². The van der Waals surface area contributed by atoms with Crippen LogP contribution in [0.2, 0.25) is 0 Å². The molecular formula is C16H15NO3. The van der Waals surface area contributed by atoms with Crippen molar-refractivity contribution >= 4 is 18.1 Å². The van der Waals surface area contributed by atoms with Gasteiger partial charge in [-0.3, -0.25) is 9.78 Å². The summed E-state index contributed by atoms with van der Waals surface area (Å²) in [6.45, 7) is 1.36. The number of rotatable bonds is 4. The lowest BCUT2D eigenvalue weighted by molar-refractivity contribution is -0.132. The maximum Gasteiger partial charge on any atom is 0.308 e. The Morgan fingerprint density at radius 3 is 2.65 bits per heavy atom. The van der Waals surface area contributed by atoms with Crippen LogP contribution in [0.5, 0.6) is 11.5 Å². The normalized spacial score (nSPS) is 10.5. The molecule has 0 aliphatic heterocycles. The van der Waals surface area contributed by atoms with Crippen LogP contribution in [0, 0.1) is 0 Å². The van der Waals surface area contributed by atoms with E-state index in [2.05, 4.69) is 4.98 Å². The number of hydrogen-bond acceptors (Lipinski definition) is 4. The van der Waals surface area contributed by atoms with E-state index in [4.69, 9.17) is 9.47 Å². The maximum absolute atomic E-state index is 11.0. The second-order valence-electron chi connectivity index (χ2n) is 4.09. The van der Waals surface area contributed by atoms with Gasteiger partial charge in [0.15, 0.2) is 11.5 Å². The summed E-state index contributed by atoms with van der Waals surface area (Å²) in [4.78, 5) is 15.2. The van der Waals surface area contributed by atoms with Gasteiger partial charge >= 0.3 is 5.97 Å². The molecule has 2 aromatic rings. The van der Waals surface area contributed by atoms with Crippen LogP contribution >= 0.6 is 0 Å². The Morgan fingerprint density at radius 2 is 2.00 bits per heavy atom. The highest BCUT2D eigenvalue weighted by atomic mass is 16.6. The fourth-order valence-corrected chi connectivity index (χ4v) is 1.68. The first kappa shape index (κ1) is 13.8. The van der Waals surface area contributed by atoms with Crippen LogP contribution in [0.4, 0.5) is 0 Å². The molecule has 0 amide bonds. The number of carbonyl (C=O) groups excluding carboxylic acids is 1. The van der Waals surface area contributed by atoms with Crippen molar-refractivity contribution < 1.29 is 14.3 Å². The summed E-state index contributed by atoms with van der Waals surface area (Å²) in [5.41, 5.74) is 1.80. The molecule has 0 spiro atoms. The number of benzene rings is 1. The number of esters is 1. The van der Waals surface area contributed by atoms with Crippen LogP contribution in [0.1, 0.15) is 18.2 Å². The fourth-order valence-electron chi connectivity index (χ4n) is 1.68.